The largest absolute Gasteiger partial charge is 0.460 e. The molecule has 10 heteroatoms. The third-order valence-electron chi connectivity index (χ3n) is 4.93. The van der Waals surface area contributed by atoms with Crippen LogP contribution in [-0.2, 0) is 22.6 Å². The number of fused-ring (bicyclic) bond motifs is 1. The maximum absolute atomic E-state index is 5.95. The van der Waals surface area contributed by atoms with Gasteiger partial charge in [0.05, 0.1) is 30.7 Å². The van der Waals surface area contributed by atoms with Gasteiger partial charge >= 0.3 is 5.65 Å². The third-order valence-corrected chi connectivity index (χ3v) is 4.93. The van der Waals surface area contributed by atoms with E-state index in [1.807, 2.05) is 37.3 Å². The molecule has 0 bridgehead atoms. The Morgan fingerprint density at radius 3 is 2.90 bits per heavy atom. The molecule has 0 spiro atoms. The monoisotopic (exact) mass is 408 g/mol. The number of H-pyrrole nitrogens is 1. The fraction of sp³-hybridized carbons (Fsp3) is 0.350. The molecule has 0 amide bonds. The summed E-state index contributed by atoms with van der Waals surface area (Å²) < 4.78 is 18.7. The lowest BCUT2D eigenvalue weighted by Crippen LogP contribution is -2.38. The van der Waals surface area contributed by atoms with E-state index in [0.29, 0.717) is 42.4 Å². The van der Waals surface area contributed by atoms with Crippen molar-refractivity contribution in [3.63, 3.8) is 0 Å². The summed E-state index contributed by atoms with van der Waals surface area (Å²) in [4.78, 5) is 13.4. The SMILES string of the molecule is Cc1ccc(-c2nc(N)nc3c2n[nH][n+]3Cc2cccc(COC3CCOC3)n2)o1. The van der Waals surface area contributed by atoms with Crippen molar-refractivity contribution in [1.29, 1.82) is 0 Å². The van der Waals surface area contributed by atoms with E-state index >= 15 is 0 Å². The molecule has 5 heterocycles. The lowest BCUT2D eigenvalue weighted by atomic mass is 10.2. The number of nitrogens with two attached hydrogens (primary N) is 1. The second kappa shape index (κ2) is 7.81. The lowest BCUT2D eigenvalue weighted by molar-refractivity contribution is -0.724. The Bertz CT molecular complexity index is 1180. The highest BCUT2D eigenvalue weighted by Crippen LogP contribution is 2.25. The van der Waals surface area contributed by atoms with Crippen molar-refractivity contribution in [2.45, 2.75) is 32.6 Å². The standard InChI is InChI=1S/C20H21N7O3/c1-12-5-6-16(30-12)17-18-19(24-20(21)23-17)27(26-25-18)9-13-3-2-4-14(22-13)10-29-15-7-8-28-11-15/h2-6,15H,7-11H2,1H3,(H2,21,23,24,26)/p+1. The van der Waals surface area contributed by atoms with Crippen LogP contribution in [0.4, 0.5) is 5.95 Å². The Hall–Kier alpha value is -3.37. The van der Waals surface area contributed by atoms with E-state index in [1.54, 1.807) is 4.68 Å². The first kappa shape index (κ1) is 18.6. The average Bonchev–Trinajstić information content (AvgIpc) is 3.48. The van der Waals surface area contributed by atoms with Crippen molar-refractivity contribution in [3.8, 4) is 11.5 Å². The fourth-order valence-electron chi connectivity index (χ4n) is 3.46. The Labute approximate surface area is 172 Å². The summed E-state index contributed by atoms with van der Waals surface area (Å²) in [6, 6.07) is 9.58. The van der Waals surface area contributed by atoms with Gasteiger partial charge in [0.25, 0.3) is 11.5 Å². The van der Waals surface area contributed by atoms with Crippen molar-refractivity contribution in [2.24, 2.45) is 0 Å². The normalized spacial score (nSPS) is 16.5. The van der Waals surface area contributed by atoms with E-state index in [1.165, 1.54) is 0 Å². The number of aromatic nitrogens is 6. The molecular weight excluding hydrogens is 386 g/mol. The molecule has 0 aromatic carbocycles. The minimum atomic E-state index is 0.143. The van der Waals surface area contributed by atoms with Crippen LogP contribution in [-0.4, -0.2) is 44.6 Å². The van der Waals surface area contributed by atoms with E-state index in [-0.39, 0.29) is 12.1 Å². The van der Waals surface area contributed by atoms with Crippen LogP contribution in [0.5, 0.6) is 0 Å². The molecular formula is C20H22N7O3+. The second-order valence-corrected chi connectivity index (χ2v) is 7.23. The fourth-order valence-corrected chi connectivity index (χ4v) is 3.46. The smallest absolute Gasteiger partial charge is 0.331 e. The molecule has 10 nitrogen and oxygen atoms in total. The van der Waals surface area contributed by atoms with Crippen LogP contribution in [0.15, 0.2) is 34.7 Å². The van der Waals surface area contributed by atoms with E-state index < -0.39 is 0 Å². The molecule has 1 atom stereocenters. The number of furan rings is 1. The zero-order valence-corrected chi connectivity index (χ0v) is 16.5. The molecule has 154 valence electrons. The number of ether oxygens (including phenoxy) is 2. The molecule has 0 radical (unpaired) electrons. The highest BCUT2D eigenvalue weighted by atomic mass is 16.5. The van der Waals surface area contributed by atoms with Crippen LogP contribution < -0.4 is 10.4 Å². The first-order valence-electron chi connectivity index (χ1n) is 9.78. The number of pyridine rings is 1. The van der Waals surface area contributed by atoms with Crippen LogP contribution in [0.1, 0.15) is 23.6 Å². The molecule has 30 heavy (non-hydrogen) atoms. The van der Waals surface area contributed by atoms with Gasteiger partial charge in [0.1, 0.15) is 12.3 Å². The van der Waals surface area contributed by atoms with Crippen molar-refractivity contribution in [2.75, 3.05) is 18.9 Å². The summed E-state index contributed by atoms with van der Waals surface area (Å²) in [5.41, 5.74) is 9.38. The van der Waals surface area contributed by atoms with Crippen LogP contribution in [0.3, 0.4) is 0 Å². The van der Waals surface area contributed by atoms with Gasteiger partial charge in [-0.25, -0.2) is 0 Å². The molecule has 5 rings (SSSR count). The van der Waals surface area contributed by atoms with E-state index in [9.17, 15) is 0 Å². The van der Waals surface area contributed by atoms with Gasteiger partial charge in [0.15, 0.2) is 11.5 Å². The number of hydrogen-bond donors (Lipinski definition) is 2. The highest BCUT2D eigenvalue weighted by Gasteiger charge is 2.24. The third kappa shape index (κ3) is 3.74. The minimum absolute atomic E-state index is 0.143. The zero-order chi connectivity index (χ0) is 20.5. The summed E-state index contributed by atoms with van der Waals surface area (Å²) in [5, 5.41) is 7.37. The summed E-state index contributed by atoms with van der Waals surface area (Å²) in [6.07, 6.45) is 1.07. The number of nitrogens with one attached hydrogen (secondary N) is 1. The molecule has 1 unspecified atom stereocenters. The lowest BCUT2D eigenvalue weighted by Gasteiger charge is -2.09. The van der Waals surface area contributed by atoms with Gasteiger partial charge < -0.3 is 19.6 Å². The molecule has 1 saturated heterocycles. The number of nitrogens with zero attached hydrogens (tertiary/aromatic N) is 5. The maximum Gasteiger partial charge on any atom is 0.331 e. The Balaban J connectivity index is 1.40. The van der Waals surface area contributed by atoms with Crippen molar-refractivity contribution >= 4 is 17.1 Å². The van der Waals surface area contributed by atoms with Crippen molar-refractivity contribution in [3.05, 3.63) is 47.5 Å². The predicted octanol–water partition coefficient (Wildman–Crippen LogP) is 1.54. The van der Waals surface area contributed by atoms with Crippen LogP contribution >= 0.6 is 0 Å². The van der Waals surface area contributed by atoms with E-state index in [0.717, 1.165) is 30.2 Å². The van der Waals surface area contributed by atoms with Gasteiger partial charge in [-0.1, -0.05) is 11.1 Å². The number of anilines is 1. The van der Waals surface area contributed by atoms with Crippen LogP contribution in [0.2, 0.25) is 0 Å². The molecule has 4 aromatic heterocycles. The average molecular weight is 408 g/mol. The Morgan fingerprint density at radius 1 is 1.20 bits per heavy atom. The zero-order valence-electron chi connectivity index (χ0n) is 16.5. The Kier molecular flexibility index (Phi) is 4.85. The molecule has 1 aliphatic heterocycles. The topological polar surface area (TPSA) is 129 Å². The molecule has 1 fully saturated rings. The van der Waals surface area contributed by atoms with E-state index in [2.05, 4.69) is 20.3 Å². The molecule has 3 N–H and O–H groups in total. The predicted molar refractivity (Wildman–Crippen MR) is 106 cm³/mol. The van der Waals surface area contributed by atoms with Crippen LogP contribution in [0.25, 0.3) is 22.6 Å². The van der Waals surface area contributed by atoms with Gasteiger partial charge in [-0.2, -0.15) is 9.67 Å². The minimum Gasteiger partial charge on any atom is -0.460 e. The van der Waals surface area contributed by atoms with Gasteiger partial charge in [-0.3, -0.25) is 4.98 Å². The molecule has 0 saturated carbocycles. The second-order valence-electron chi connectivity index (χ2n) is 7.23. The van der Waals surface area contributed by atoms with Gasteiger partial charge in [-0.05, 0) is 42.7 Å². The Morgan fingerprint density at radius 2 is 2.10 bits per heavy atom. The molecule has 4 aromatic rings. The summed E-state index contributed by atoms with van der Waals surface area (Å²) >= 11 is 0. The first-order chi connectivity index (χ1) is 14.7. The van der Waals surface area contributed by atoms with E-state index in [4.69, 9.17) is 24.6 Å². The number of rotatable bonds is 6. The van der Waals surface area contributed by atoms with Crippen molar-refractivity contribution < 1.29 is 18.6 Å². The highest BCUT2D eigenvalue weighted by molar-refractivity contribution is 5.83. The van der Waals surface area contributed by atoms with Gasteiger partial charge in [0.2, 0.25) is 0 Å². The number of nitrogen functional groups attached to an aromatic ring is 1. The molecule has 0 aliphatic carbocycles. The number of aryl methyl sites for hydroxylation is 1. The quantitative estimate of drug-likeness (QED) is 0.460. The van der Waals surface area contributed by atoms with Crippen molar-refractivity contribution in [1.82, 2.24) is 25.3 Å². The summed E-state index contributed by atoms with van der Waals surface area (Å²) in [5.74, 6) is 1.53. The number of hydrogen-bond acceptors (Lipinski definition) is 8. The van der Waals surface area contributed by atoms with Gasteiger partial charge in [-0.15, -0.1) is 5.21 Å². The van der Waals surface area contributed by atoms with Gasteiger partial charge in [0, 0.05) is 6.61 Å². The molecule has 1 aliphatic rings. The summed E-state index contributed by atoms with van der Waals surface area (Å²) in [7, 11) is 0. The maximum atomic E-state index is 5.95. The van der Waals surface area contributed by atoms with Crippen LogP contribution in [0, 0.1) is 6.92 Å². The number of aromatic amines is 1. The summed E-state index contributed by atoms with van der Waals surface area (Å²) in [6.45, 7) is 4.18. The first-order valence-corrected chi connectivity index (χ1v) is 9.78.